The minimum Gasteiger partial charge on any atom is -0.376 e. The lowest BCUT2D eigenvalue weighted by atomic mass is 9.75. The van der Waals surface area contributed by atoms with Gasteiger partial charge in [0.1, 0.15) is 5.60 Å². The van der Waals surface area contributed by atoms with Crippen molar-refractivity contribution in [3.63, 3.8) is 0 Å². The smallest absolute Gasteiger partial charge is 0.179 e. The first kappa shape index (κ1) is 22.2. The van der Waals surface area contributed by atoms with Crippen molar-refractivity contribution in [1.29, 1.82) is 0 Å². The maximum absolute atomic E-state index is 13.1. The highest BCUT2D eigenvalue weighted by Crippen LogP contribution is 2.56. The zero-order chi connectivity index (χ0) is 26.2. The second-order valence-electron chi connectivity index (χ2n) is 10.4. The first-order valence-electron chi connectivity index (χ1n) is 13.2. The van der Waals surface area contributed by atoms with Crippen LogP contribution < -0.4 is 0 Å². The van der Waals surface area contributed by atoms with E-state index >= 15 is 0 Å². The van der Waals surface area contributed by atoms with Crippen molar-refractivity contribution < 1.29 is 5.11 Å². The Bertz CT molecular complexity index is 1880. The molecule has 2 aliphatic rings. The number of fused-ring (bicyclic) bond motifs is 7. The van der Waals surface area contributed by atoms with Gasteiger partial charge in [-0.15, -0.1) is 4.91 Å². The molecule has 0 spiro atoms. The molecule has 0 radical (unpaired) electrons. The van der Waals surface area contributed by atoms with Gasteiger partial charge in [-0.3, -0.25) is 0 Å². The van der Waals surface area contributed by atoms with Gasteiger partial charge in [-0.25, -0.2) is 0 Å². The summed E-state index contributed by atoms with van der Waals surface area (Å²) < 4.78 is 0. The molecule has 0 aliphatic heterocycles. The van der Waals surface area contributed by atoms with E-state index in [-0.39, 0.29) is 0 Å². The Morgan fingerprint density at radius 3 is 1.26 bits per heavy atom. The summed E-state index contributed by atoms with van der Waals surface area (Å²) in [5, 5.41) is 18.4. The van der Waals surface area contributed by atoms with Gasteiger partial charge in [0.25, 0.3) is 0 Å². The molecule has 0 saturated heterocycles. The third-order valence-corrected chi connectivity index (χ3v) is 8.69. The molecule has 0 bridgehead atoms. The number of aliphatic hydroxyl groups is 1. The number of benzene rings is 6. The van der Waals surface area contributed by atoms with Gasteiger partial charge in [-0.1, -0.05) is 133 Å². The molecule has 0 atom stereocenters. The van der Waals surface area contributed by atoms with Crippen LogP contribution in [0.5, 0.6) is 0 Å². The number of hydrogen-bond donors (Lipinski definition) is 1. The standard InChI is InChI=1S/C36H23NO2/c38-36(32-19-9-5-15-27(32)28-16-6-10-20-33(28)36)34-22-21-31(25-11-1-2-14-26(25)34)35(37-39)29-17-7-3-12-23(29)24-13-4-8-18-30(24)35/h1-22,38H. The summed E-state index contributed by atoms with van der Waals surface area (Å²) in [6.45, 7) is 0. The van der Waals surface area contributed by atoms with E-state index in [4.69, 9.17) is 0 Å². The van der Waals surface area contributed by atoms with Crippen molar-refractivity contribution in [2.45, 2.75) is 11.1 Å². The van der Waals surface area contributed by atoms with Crippen LogP contribution in [0.15, 0.2) is 139 Å². The summed E-state index contributed by atoms with van der Waals surface area (Å²) in [5.41, 5.74) is 6.70. The molecule has 6 aromatic rings. The van der Waals surface area contributed by atoms with Gasteiger partial charge in [-0.2, -0.15) is 0 Å². The molecule has 0 fully saturated rings. The minimum atomic E-state index is -1.33. The zero-order valence-electron chi connectivity index (χ0n) is 21.0. The van der Waals surface area contributed by atoms with E-state index in [1.807, 2.05) is 109 Å². The monoisotopic (exact) mass is 501 g/mol. The molecule has 6 aromatic carbocycles. The van der Waals surface area contributed by atoms with Crippen LogP contribution in [0.1, 0.15) is 33.4 Å². The molecule has 184 valence electrons. The first-order chi connectivity index (χ1) is 19.2. The van der Waals surface area contributed by atoms with Crippen molar-refractivity contribution in [2.75, 3.05) is 0 Å². The fourth-order valence-corrected chi connectivity index (χ4v) is 7.08. The summed E-state index contributed by atoms with van der Waals surface area (Å²) in [6, 6.07) is 44.3. The largest absolute Gasteiger partial charge is 0.376 e. The maximum Gasteiger partial charge on any atom is 0.179 e. The Morgan fingerprint density at radius 2 is 0.769 bits per heavy atom. The SMILES string of the molecule is O=NC1(c2ccc(C3(O)c4ccccc4-c4ccccc43)c3ccccc23)c2ccccc2-c2ccccc21. The van der Waals surface area contributed by atoms with E-state index in [0.29, 0.717) is 0 Å². The van der Waals surface area contributed by atoms with Crippen LogP contribution in [0.3, 0.4) is 0 Å². The van der Waals surface area contributed by atoms with Gasteiger partial charge < -0.3 is 5.11 Å². The molecule has 0 heterocycles. The van der Waals surface area contributed by atoms with Crippen LogP contribution >= 0.6 is 0 Å². The lowest BCUT2D eigenvalue weighted by Crippen LogP contribution is -2.28. The molecule has 0 aromatic heterocycles. The normalized spacial score (nSPS) is 15.3. The van der Waals surface area contributed by atoms with Gasteiger partial charge in [0, 0.05) is 16.7 Å². The van der Waals surface area contributed by atoms with E-state index in [1.165, 1.54) is 0 Å². The van der Waals surface area contributed by atoms with Crippen molar-refractivity contribution >= 4 is 10.8 Å². The predicted molar refractivity (Wildman–Crippen MR) is 155 cm³/mol. The highest BCUT2D eigenvalue weighted by atomic mass is 16.3. The summed E-state index contributed by atoms with van der Waals surface area (Å²) in [6.07, 6.45) is 0. The average Bonchev–Trinajstić information content (AvgIpc) is 3.45. The molecule has 2 aliphatic carbocycles. The Balaban J connectivity index is 1.46. The number of rotatable bonds is 3. The number of hydrogen-bond acceptors (Lipinski definition) is 3. The molecule has 8 rings (SSSR count). The summed E-state index contributed by atoms with van der Waals surface area (Å²) in [5.74, 6) is 0. The molecule has 3 nitrogen and oxygen atoms in total. The minimum absolute atomic E-state index is 0.792. The second kappa shape index (κ2) is 7.83. The van der Waals surface area contributed by atoms with Gasteiger partial charge >= 0.3 is 0 Å². The van der Waals surface area contributed by atoms with Crippen molar-refractivity contribution in [1.82, 2.24) is 0 Å². The predicted octanol–water partition coefficient (Wildman–Crippen LogP) is 8.14. The fraction of sp³-hybridized carbons (Fsp3) is 0.0556. The Hall–Kier alpha value is -4.86. The quantitative estimate of drug-likeness (QED) is 0.249. The molecule has 0 saturated carbocycles. The van der Waals surface area contributed by atoms with Crippen LogP contribution in [-0.2, 0) is 11.1 Å². The van der Waals surface area contributed by atoms with Crippen LogP contribution in [-0.4, -0.2) is 5.11 Å². The van der Waals surface area contributed by atoms with E-state index in [0.717, 1.165) is 66.4 Å². The summed E-state index contributed by atoms with van der Waals surface area (Å²) in [4.78, 5) is 13.1. The van der Waals surface area contributed by atoms with Gasteiger partial charge in [-0.05, 0) is 54.9 Å². The van der Waals surface area contributed by atoms with E-state index in [9.17, 15) is 10.0 Å². The first-order valence-corrected chi connectivity index (χ1v) is 13.2. The third-order valence-electron chi connectivity index (χ3n) is 8.69. The molecule has 0 unspecified atom stereocenters. The molecule has 39 heavy (non-hydrogen) atoms. The molecular weight excluding hydrogens is 478 g/mol. The van der Waals surface area contributed by atoms with E-state index in [2.05, 4.69) is 29.4 Å². The average molecular weight is 502 g/mol. The van der Waals surface area contributed by atoms with E-state index in [1.54, 1.807) is 0 Å². The highest BCUT2D eigenvalue weighted by molar-refractivity contribution is 5.96. The van der Waals surface area contributed by atoms with Crippen molar-refractivity contribution in [2.24, 2.45) is 5.18 Å². The van der Waals surface area contributed by atoms with Crippen molar-refractivity contribution in [3.05, 3.63) is 172 Å². The molecule has 0 amide bonds. The maximum atomic E-state index is 13.1. The van der Waals surface area contributed by atoms with Gasteiger partial charge in [0.15, 0.2) is 5.54 Å². The van der Waals surface area contributed by atoms with Crippen LogP contribution in [0.2, 0.25) is 0 Å². The lowest BCUT2D eigenvalue weighted by Gasteiger charge is -2.31. The molecular formula is C36H23NO2. The summed E-state index contributed by atoms with van der Waals surface area (Å²) >= 11 is 0. The number of nitrogens with zero attached hydrogens (tertiary/aromatic N) is 1. The Morgan fingerprint density at radius 1 is 0.410 bits per heavy atom. The summed E-state index contributed by atoms with van der Waals surface area (Å²) in [7, 11) is 0. The fourth-order valence-electron chi connectivity index (χ4n) is 7.08. The van der Waals surface area contributed by atoms with Crippen LogP contribution in [0, 0.1) is 4.91 Å². The molecule has 1 N–H and O–H groups in total. The Labute approximate surface area is 226 Å². The van der Waals surface area contributed by atoms with Gasteiger partial charge in [0.05, 0.1) is 0 Å². The second-order valence-corrected chi connectivity index (χ2v) is 10.4. The third kappa shape index (κ3) is 2.65. The van der Waals surface area contributed by atoms with Crippen molar-refractivity contribution in [3.8, 4) is 22.3 Å². The van der Waals surface area contributed by atoms with Crippen LogP contribution in [0.25, 0.3) is 33.0 Å². The van der Waals surface area contributed by atoms with E-state index < -0.39 is 11.1 Å². The Kier molecular flexibility index (Phi) is 4.45. The molecule has 3 heteroatoms. The van der Waals surface area contributed by atoms with Gasteiger partial charge in [0.2, 0.25) is 0 Å². The zero-order valence-corrected chi connectivity index (χ0v) is 21.0. The highest BCUT2D eigenvalue weighted by Gasteiger charge is 2.49. The topological polar surface area (TPSA) is 49.7 Å². The number of nitroso groups, excluding NO2 is 1. The van der Waals surface area contributed by atoms with Crippen LogP contribution in [0.4, 0.5) is 0 Å². The lowest BCUT2D eigenvalue weighted by molar-refractivity contribution is 0.132.